The third-order valence-corrected chi connectivity index (χ3v) is 5.94. The van der Waals surface area contributed by atoms with Gasteiger partial charge in [0.1, 0.15) is 23.0 Å². The highest BCUT2D eigenvalue weighted by molar-refractivity contribution is 5.96. The normalized spacial score (nSPS) is 13.9. The number of nitrogens with zero attached hydrogens (tertiary/aromatic N) is 3. The largest absolute Gasteiger partial charge is 0.482 e. The first-order chi connectivity index (χ1) is 18.4. The minimum Gasteiger partial charge on any atom is -0.482 e. The number of fused-ring (bicyclic) bond motifs is 3. The molecular formula is C25H20FN7O5. The molecule has 0 spiro atoms. The molecule has 2 aromatic heterocycles. The number of ether oxygens (including phenoxy) is 2. The lowest BCUT2D eigenvalue weighted by Gasteiger charge is -2.19. The maximum Gasteiger partial charge on any atom is 0.270 e. The fourth-order valence-electron chi connectivity index (χ4n) is 4.12. The summed E-state index contributed by atoms with van der Waals surface area (Å²) < 4.78 is 26.4. The van der Waals surface area contributed by atoms with Gasteiger partial charge in [-0.05, 0) is 35.4 Å². The van der Waals surface area contributed by atoms with Crippen molar-refractivity contribution in [1.82, 2.24) is 19.9 Å². The molecule has 4 heterocycles. The van der Waals surface area contributed by atoms with Crippen LogP contribution in [-0.4, -0.2) is 45.5 Å². The summed E-state index contributed by atoms with van der Waals surface area (Å²) in [5.41, 5.74) is 2.48. The third kappa shape index (κ3) is 4.52. The molecule has 2 aliphatic rings. The van der Waals surface area contributed by atoms with E-state index >= 15 is 0 Å². The molecule has 6 rings (SSSR count). The maximum absolute atomic E-state index is 14.4. The van der Waals surface area contributed by atoms with Gasteiger partial charge in [-0.15, -0.1) is 0 Å². The van der Waals surface area contributed by atoms with Crippen LogP contribution in [0.5, 0.6) is 11.5 Å². The number of nitrogens with one attached hydrogen (secondary N) is 4. The molecule has 4 aromatic rings. The van der Waals surface area contributed by atoms with Crippen LogP contribution in [0.2, 0.25) is 0 Å². The summed E-state index contributed by atoms with van der Waals surface area (Å²) in [6.07, 6.45) is 1.02. The van der Waals surface area contributed by atoms with E-state index in [-0.39, 0.29) is 49.5 Å². The Balaban J connectivity index is 1.19. The number of aromatic nitrogens is 3. The zero-order valence-corrected chi connectivity index (χ0v) is 19.7. The molecule has 4 N–H and O–H groups in total. The van der Waals surface area contributed by atoms with Gasteiger partial charge in [-0.3, -0.25) is 14.4 Å². The quantitative estimate of drug-likeness (QED) is 0.304. The monoisotopic (exact) mass is 517 g/mol. The van der Waals surface area contributed by atoms with Gasteiger partial charge in [-0.1, -0.05) is 12.1 Å². The zero-order valence-electron chi connectivity index (χ0n) is 19.7. The van der Waals surface area contributed by atoms with Crippen LogP contribution in [0.3, 0.4) is 0 Å². The lowest BCUT2D eigenvalue weighted by Crippen LogP contribution is -2.26. The molecule has 0 bridgehead atoms. The Kier molecular flexibility index (Phi) is 5.71. The van der Waals surface area contributed by atoms with Crippen molar-refractivity contribution < 1.29 is 28.2 Å². The van der Waals surface area contributed by atoms with E-state index < -0.39 is 11.7 Å². The topological polar surface area (TPSA) is 148 Å². The molecule has 3 amide bonds. The second kappa shape index (κ2) is 9.35. The van der Waals surface area contributed by atoms with Crippen LogP contribution in [0.1, 0.15) is 21.6 Å². The molecule has 13 heteroatoms. The van der Waals surface area contributed by atoms with Crippen molar-refractivity contribution in [2.75, 3.05) is 29.2 Å². The lowest BCUT2D eigenvalue weighted by atomic mass is 10.1. The third-order valence-electron chi connectivity index (χ3n) is 5.94. The average Bonchev–Trinajstić information content (AvgIpc) is 3.30. The Morgan fingerprint density at radius 1 is 0.947 bits per heavy atom. The fraction of sp³-hybridized carbons (Fsp3) is 0.160. The minimum absolute atomic E-state index is 0.0138. The summed E-state index contributed by atoms with van der Waals surface area (Å²) in [5.74, 6) is -0.239. The molecule has 2 aliphatic heterocycles. The molecular weight excluding hydrogens is 497 g/mol. The van der Waals surface area contributed by atoms with Gasteiger partial charge in [0, 0.05) is 19.2 Å². The molecule has 0 unspecified atom stereocenters. The van der Waals surface area contributed by atoms with Crippen LogP contribution in [0.25, 0.3) is 5.65 Å². The number of halogens is 1. The van der Waals surface area contributed by atoms with E-state index in [0.717, 1.165) is 17.3 Å². The van der Waals surface area contributed by atoms with Crippen molar-refractivity contribution in [3.05, 3.63) is 71.3 Å². The molecule has 0 radical (unpaired) electrons. The molecule has 0 saturated heterocycles. The highest BCUT2D eigenvalue weighted by Crippen LogP contribution is 2.30. The molecule has 192 valence electrons. The molecule has 0 fully saturated rings. The van der Waals surface area contributed by atoms with Crippen LogP contribution in [0, 0.1) is 5.82 Å². The van der Waals surface area contributed by atoms with E-state index in [0.29, 0.717) is 28.7 Å². The number of hydrogen-bond acceptors (Lipinski definition) is 8. The number of benzene rings is 2. The first-order valence-electron chi connectivity index (χ1n) is 11.6. The lowest BCUT2D eigenvalue weighted by molar-refractivity contribution is -0.119. The van der Waals surface area contributed by atoms with Crippen molar-refractivity contribution >= 4 is 40.6 Å². The van der Waals surface area contributed by atoms with Gasteiger partial charge in [0.2, 0.25) is 0 Å². The molecule has 0 saturated carbocycles. The maximum atomic E-state index is 14.4. The molecule has 2 aromatic carbocycles. The Labute approximate surface area is 214 Å². The number of anilines is 3. The van der Waals surface area contributed by atoms with Crippen LogP contribution in [0.15, 0.2) is 48.7 Å². The Hall–Kier alpha value is -5.20. The van der Waals surface area contributed by atoms with Crippen LogP contribution >= 0.6 is 0 Å². The van der Waals surface area contributed by atoms with E-state index in [9.17, 15) is 18.8 Å². The highest BCUT2D eigenvalue weighted by atomic mass is 19.1. The van der Waals surface area contributed by atoms with E-state index in [4.69, 9.17) is 9.47 Å². The standard InChI is InChI=1S/C25H20FN7O5/c26-15-10-29-33-21(27-8-13-1-3-19-16(5-13)30-22(34)11-37-19)7-18(32-24(15)33)25(36)28-9-14-2-4-20-17(6-14)31-23(35)12-38-20/h1-7,10,27H,8-9,11-12H2,(H,28,36)(H,30,34)(H,31,35). The first-order valence-corrected chi connectivity index (χ1v) is 11.6. The Bertz CT molecular complexity index is 1620. The molecule has 12 nitrogen and oxygen atoms in total. The number of amides is 3. The summed E-state index contributed by atoms with van der Waals surface area (Å²) in [7, 11) is 0. The van der Waals surface area contributed by atoms with Gasteiger partial charge < -0.3 is 30.7 Å². The summed E-state index contributed by atoms with van der Waals surface area (Å²) in [4.78, 5) is 40.3. The van der Waals surface area contributed by atoms with Crippen LogP contribution in [-0.2, 0) is 22.7 Å². The summed E-state index contributed by atoms with van der Waals surface area (Å²) in [5, 5.41) is 15.4. The Morgan fingerprint density at radius 2 is 1.58 bits per heavy atom. The first kappa shape index (κ1) is 23.2. The van der Waals surface area contributed by atoms with Gasteiger partial charge in [-0.25, -0.2) is 9.37 Å². The average molecular weight is 517 g/mol. The summed E-state index contributed by atoms with van der Waals surface area (Å²) in [6, 6.07) is 12.0. The van der Waals surface area contributed by atoms with E-state index in [1.165, 1.54) is 10.6 Å². The SMILES string of the molecule is O=C1COc2ccc(CNC(=O)c3cc(NCc4ccc5c(c4)NC(=O)CO5)n4ncc(F)c4n3)cc2N1. The van der Waals surface area contributed by atoms with Gasteiger partial charge in [-0.2, -0.15) is 9.61 Å². The van der Waals surface area contributed by atoms with Gasteiger partial charge >= 0.3 is 0 Å². The molecule has 38 heavy (non-hydrogen) atoms. The minimum atomic E-state index is -0.679. The number of carbonyl (C=O) groups is 3. The van der Waals surface area contributed by atoms with E-state index in [1.54, 1.807) is 30.3 Å². The van der Waals surface area contributed by atoms with Crippen LogP contribution < -0.4 is 30.7 Å². The molecule has 0 atom stereocenters. The van der Waals surface area contributed by atoms with Gasteiger partial charge in [0.25, 0.3) is 17.7 Å². The van der Waals surface area contributed by atoms with Crippen LogP contribution in [0.4, 0.5) is 21.6 Å². The Morgan fingerprint density at radius 3 is 2.24 bits per heavy atom. The van der Waals surface area contributed by atoms with E-state index in [2.05, 4.69) is 31.3 Å². The van der Waals surface area contributed by atoms with Crippen molar-refractivity contribution in [2.45, 2.75) is 13.1 Å². The van der Waals surface area contributed by atoms with Gasteiger partial charge in [0.15, 0.2) is 24.7 Å². The predicted molar refractivity (Wildman–Crippen MR) is 133 cm³/mol. The predicted octanol–water partition coefficient (Wildman–Crippen LogP) is 2.07. The number of carbonyl (C=O) groups excluding carboxylic acids is 3. The van der Waals surface area contributed by atoms with E-state index in [1.807, 2.05) is 6.07 Å². The van der Waals surface area contributed by atoms with Crippen molar-refractivity contribution in [2.24, 2.45) is 0 Å². The smallest absolute Gasteiger partial charge is 0.270 e. The van der Waals surface area contributed by atoms with Crippen molar-refractivity contribution in [3.63, 3.8) is 0 Å². The van der Waals surface area contributed by atoms with Crippen molar-refractivity contribution in [1.29, 1.82) is 0 Å². The van der Waals surface area contributed by atoms with Crippen molar-refractivity contribution in [3.8, 4) is 11.5 Å². The second-order valence-corrected chi connectivity index (χ2v) is 8.63. The number of hydrogen-bond donors (Lipinski definition) is 4. The highest BCUT2D eigenvalue weighted by Gasteiger charge is 2.19. The zero-order chi connectivity index (χ0) is 26.2. The second-order valence-electron chi connectivity index (χ2n) is 8.63. The fourth-order valence-corrected chi connectivity index (χ4v) is 4.12. The molecule has 0 aliphatic carbocycles. The summed E-state index contributed by atoms with van der Waals surface area (Å²) >= 11 is 0. The number of rotatable bonds is 6. The summed E-state index contributed by atoms with van der Waals surface area (Å²) in [6.45, 7) is 0.346. The van der Waals surface area contributed by atoms with Gasteiger partial charge in [0.05, 0.1) is 17.6 Å².